The third-order valence-corrected chi connectivity index (χ3v) is 3.16. The van der Waals surface area contributed by atoms with Gasteiger partial charge in [0.25, 0.3) is 0 Å². The summed E-state index contributed by atoms with van der Waals surface area (Å²) in [5, 5.41) is 0. The van der Waals surface area contributed by atoms with E-state index in [2.05, 4.69) is 0 Å². The zero-order chi connectivity index (χ0) is 16.5. The minimum absolute atomic E-state index is 0. The third-order valence-electron chi connectivity index (χ3n) is 3.16. The molecule has 0 bridgehead atoms. The van der Waals surface area contributed by atoms with E-state index < -0.39 is 18.0 Å². The van der Waals surface area contributed by atoms with Crippen LogP contribution in [0.3, 0.4) is 0 Å². The van der Waals surface area contributed by atoms with E-state index in [1.165, 1.54) is 0 Å². The van der Waals surface area contributed by atoms with Gasteiger partial charge in [-0.25, -0.2) is 0 Å². The number of hydrogen-bond acceptors (Lipinski definition) is 5. The van der Waals surface area contributed by atoms with E-state index in [4.69, 9.17) is 15.2 Å². The van der Waals surface area contributed by atoms with Crippen molar-refractivity contribution in [1.82, 2.24) is 0 Å². The van der Waals surface area contributed by atoms with Gasteiger partial charge in [-0.15, -0.1) is 0 Å². The molecule has 0 saturated carbocycles. The second-order valence-corrected chi connectivity index (χ2v) is 5.05. The maximum Gasteiger partial charge on any atom is 0.323 e. The molecule has 1 radical (unpaired) electrons. The number of benzene rings is 2. The van der Waals surface area contributed by atoms with Crippen molar-refractivity contribution < 1.29 is 19.1 Å². The number of halogens is 1. The number of nitrogens with two attached hydrogens (primary N) is 1. The second kappa shape index (κ2) is 10.4. The summed E-state index contributed by atoms with van der Waals surface area (Å²) >= 11 is 0. The van der Waals surface area contributed by atoms with Gasteiger partial charge in [0.2, 0.25) is 0 Å². The lowest BCUT2D eigenvalue weighted by Gasteiger charge is -2.11. The van der Waals surface area contributed by atoms with Crippen molar-refractivity contribution >= 4 is 24.3 Å². The lowest BCUT2D eigenvalue weighted by atomic mass is 10.2. The molecule has 1 atom stereocenters. The fourth-order valence-electron chi connectivity index (χ4n) is 1.90. The van der Waals surface area contributed by atoms with E-state index in [9.17, 15) is 9.59 Å². The Morgan fingerprint density at radius 1 is 0.833 bits per heavy atom. The van der Waals surface area contributed by atoms with E-state index in [0.29, 0.717) is 0 Å². The van der Waals surface area contributed by atoms with Gasteiger partial charge in [-0.05, 0) is 11.1 Å². The average Bonchev–Trinajstić information content (AvgIpc) is 2.59. The van der Waals surface area contributed by atoms with Crippen molar-refractivity contribution in [1.29, 1.82) is 0 Å². The largest absolute Gasteiger partial charge is 0.461 e. The van der Waals surface area contributed by atoms with E-state index in [0.717, 1.165) is 11.1 Å². The Bertz CT molecular complexity index is 634. The summed E-state index contributed by atoms with van der Waals surface area (Å²) in [6, 6.07) is 17.5. The normalized spacial score (nSPS) is 11.0. The molecule has 0 aromatic heterocycles. The van der Waals surface area contributed by atoms with E-state index in [1.54, 1.807) is 0 Å². The molecule has 5 nitrogen and oxygen atoms in total. The Morgan fingerprint density at radius 2 is 1.29 bits per heavy atom. The molecule has 1 unspecified atom stereocenters. The molecule has 0 aliphatic heterocycles. The van der Waals surface area contributed by atoms with Crippen LogP contribution in [0.25, 0.3) is 0 Å². The Kier molecular flexibility index (Phi) is 8.54. The van der Waals surface area contributed by atoms with Crippen LogP contribution in [-0.4, -0.2) is 18.0 Å². The molecule has 6 heteroatoms. The summed E-state index contributed by atoms with van der Waals surface area (Å²) in [6.07, 6.45) is -0.208. The van der Waals surface area contributed by atoms with Gasteiger partial charge < -0.3 is 15.2 Å². The first-order chi connectivity index (χ1) is 11.1. The molecule has 0 saturated heterocycles. The van der Waals surface area contributed by atoms with Gasteiger partial charge >= 0.3 is 11.9 Å². The molecule has 0 fully saturated rings. The summed E-state index contributed by atoms with van der Waals surface area (Å²) in [5.41, 5.74) is 7.41. The molecule has 2 N–H and O–H groups in total. The van der Waals surface area contributed by atoms with E-state index >= 15 is 0 Å². The molecule has 2 aromatic carbocycles. The van der Waals surface area contributed by atoms with Crippen LogP contribution in [0.4, 0.5) is 0 Å². The maximum atomic E-state index is 11.8. The van der Waals surface area contributed by atoms with Crippen LogP contribution in [0.15, 0.2) is 60.7 Å². The number of rotatable bonds is 7. The van der Waals surface area contributed by atoms with Crippen molar-refractivity contribution in [3.05, 3.63) is 71.8 Å². The predicted octanol–water partition coefficient (Wildman–Crippen LogP) is 2.88. The Morgan fingerprint density at radius 3 is 1.79 bits per heavy atom. The minimum Gasteiger partial charge on any atom is -0.461 e. The van der Waals surface area contributed by atoms with Crippen molar-refractivity contribution in [2.24, 2.45) is 5.73 Å². The van der Waals surface area contributed by atoms with Crippen LogP contribution >= 0.6 is 12.4 Å². The smallest absolute Gasteiger partial charge is 0.323 e. The van der Waals surface area contributed by atoms with Gasteiger partial charge in [0.15, 0.2) is 0 Å². The highest BCUT2D eigenvalue weighted by atomic mass is 35.5. The molecule has 0 aliphatic rings. The topological polar surface area (TPSA) is 78.6 Å². The predicted molar refractivity (Wildman–Crippen MR) is 90.9 cm³/mol. The second-order valence-electron chi connectivity index (χ2n) is 5.05. The Hall–Kier alpha value is -2.37. The number of ether oxygens (including phenoxy) is 2. The first kappa shape index (κ1) is 19.7. The summed E-state index contributed by atoms with van der Waals surface area (Å²) in [6.45, 7) is 0.290. The molecule has 24 heavy (non-hydrogen) atoms. The molecular formula is C18H19ClNO4. The Labute approximate surface area is 147 Å². The van der Waals surface area contributed by atoms with Crippen molar-refractivity contribution in [3.63, 3.8) is 0 Å². The molecular weight excluding hydrogens is 330 g/mol. The number of carbonyl (C=O) groups is 2. The van der Waals surface area contributed by atoms with Crippen LogP contribution in [-0.2, 0) is 32.3 Å². The highest BCUT2D eigenvalue weighted by Gasteiger charge is 2.20. The lowest BCUT2D eigenvalue weighted by molar-refractivity contribution is -0.153. The molecule has 0 spiro atoms. The van der Waals surface area contributed by atoms with Gasteiger partial charge in [0.1, 0.15) is 19.3 Å². The number of hydrogen-bond donors (Lipinski definition) is 1. The Balaban J connectivity index is 0.00000288. The lowest BCUT2D eigenvalue weighted by Crippen LogP contribution is -2.34. The summed E-state index contributed by atoms with van der Waals surface area (Å²) < 4.78 is 10.2. The molecule has 127 valence electrons. The van der Waals surface area contributed by atoms with Gasteiger partial charge in [0.05, 0.1) is 6.42 Å². The standard InChI is InChI=1S/C18H19NO4.Cl/c19-16(18(21)23-13-15-9-5-2-6-10-15)11-17(20)22-12-14-7-3-1-4-8-14;/h1-10,16H,11-13,19H2;. The van der Waals surface area contributed by atoms with Crippen LogP contribution < -0.4 is 5.73 Å². The van der Waals surface area contributed by atoms with Crippen LogP contribution in [0, 0.1) is 0 Å². The zero-order valence-electron chi connectivity index (χ0n) is 13.1. The quantitative estimate of drug-likeness (QED) is 0.778. The van der Waals surface area contributed by atoms with Gasteiger partial charge in [-0.2, -0.15) is 0 Å². The fourth-order valence-corrected chi connectivity index (χ4v) is 1.90. The molecule has 0 aliphatic carbocycles. The molecule has 0 heterocycles. The van der Waals surface area contributed by atoms with Gasteiger partial charge in [-0.1, -0.05) is 60.7 Å². The SMILES string of the molecule is NC(CC(=O)OCc1ccccc1)C(=O)OCc1ccccc1.[Cl]. The van der Waals surface area contributed by atoms with Crippen LogP contribution in [0.5, 0.6) is 0 Å². The first-order valence-electron chi connectivity index (χ1n) is 7.31. The maximum absolute atomic E-state index is 11.8. The van der Waals surface area contributed by atoms with Crippen LogP contribution in [0.1, 0.15) is 17.5 Å². The zero-order valence-corrected chi connectivity index (χ0v) is 13.8. The minimum atomic E-state index is -1.03. The summed E-state index contributed by atoms with van der Waals surface area (Å²) in [4.78, 5) is 23.5. The number of esters is 2. The highest BCUT2D eigenvalue weighted by molar-refractivity contribution is 5.85. The van der Waals surface area contributed by atoms with Gasteiger partial charge in [0, 0.05) is 12.4 Å². The monoisotopic (exact) mass is 348 g/mol. The van der Waals surface area contributed by atoms with E-state index in [1.807, 2.05) is 60.7 Å². The average molecular weight is 349 g/mol. The van der Waals surface area contributed by atoms with Crippen molar-refractivity contribution in [3.8, 4) is 0 Å². The molecule has 2 aromatic rings. The van der Waals surface area contributed by atoms with Crippen LogP contribution in [0.2, 0.25) is 0 Å². The van der Waals surface area contributed by atoms with Crippen molar-refractivity contribution in [2.75, 3.05) is 0 Å². The van der Waals surface area contributed by atoms with E-state index in [-0.39, 0.29) is 32.0 Å². The summed E-state index contributed by atoms with van der Waals surface area (Å²) in [5.74, 6) is -1.15. The molecule has 2 rings (SSSR count). The summed E-state index contributed by atoms with van der Waals surface area (Å²) in [7, 11) is 0. The third kappa shape index (κ3) is 6.81. The number of carbonyl (C=O) groups excluding carboxylic acids is 2. The van der Waals surface area contributed by atoms with Gasteiger partial charge in [-0.3, -0.25) is 9.59 Å². The highest BCUT2D eigenvalue weighted by Crippen LogP contribution is 2.05. The fraction of sp³-hybridized carbons (Fsp3) is 0.222. The molecule has 0 amide bonds. The first-order valence-corrected chi connectivity index (χ1v) is 7.31. The van der Waals surface area contributed by atoms with Crippen molar-refractivity contribution in [2.45, 2.75) is 25.7 Å².